The van der Waals surface area contributed by atoms with Crippen molar-refractivity contribution in [2.24, 2.45) is 0 Å². The monoisotopic (exact) mass is 304 g/mol. The first kappa shape index (κ1) is 15.9. The average Bonchev–Trinajstić information content (AvgIpc) is 2.45. The molecule has 118 valence electrons. The molecule has 1 aliphatic heterocycles. The molecule has 0 aromatic heterocycles. The zero-order chi connectivity index (χ0) is 15.5. The van der Waals surface area contributed by atoms with E-state index in [2.05, 4.69) is 10.6 Å². The lowest BCUT2D eigenvalue weighted by molar-refractivity contribution is -0.125. The van der Waals surface area contributed by atoms with Crippen LogP contribution in [0, 0.1) is 0 Å². The molecule has 4 nitrogen and oxygen atoms in total. The molecule has 2 rings (SSSR count). The molecular weight excluding hydrogens is 285 g/mol. The maximum Gasteiger partial charge on any atom is 0.401 e. The van der Waals surface area contributed by atoms with Gasteiger partial charge in [-0.25, -0.2) is 0 Å². The van der Waals surface area contributed by atoms with Crippen molar-refractivity contribution in [2.45, 2.75) is 25.7 Å². The molecule has 0 aliphatic carbocycles. The lowest BCUT2D eigenvalue weighted by Crippen LogP contribution is -2.29. The van der Waals surface area contributed by atoms with Gasteiger partial charge in [0.25, 0.3) is 0 Å². The van der Waals surface area contributed by atoms with E-state index in [9.17, 15) is 13.2 Å². The van der Waals surface area contributed by atoms with Crippen LogP contribution in [0.25, 0.3) is 0 Å². The van der Waals surface area contributed by atoms with Crippen molar-refractivity contribution in [2.75, 3.05) is 27.3 Å². The molecule has 0 spiro atoms. The molecule has 1 aromatic carbocycles. The fourth-order valence-corrected chi connectivity index (χ4v) is 2.58. The maximum absolute atomic E-state index is 12.2. The molecule has 21 heavy (non-hydrogen) atoms. The van der Waals surface area contributed by atoms with E-state index in [1.807, 2.05) is 0 Å². The van der Waals surface area contributed by atoms with Crippen LogP contribution >= 0.6 is 0 Å². The number of ether oxygens (including phenoxy) is 2. The van der Waals surface area contributed by atoms with Gasteiger partial charge in [-0.2, -0.15) is 13.2 Å². The summed E-state index contributed by atoms with van der Waals surface area (Å²) in [5.41, 5.74) is 2.71. The van der Waals surface area contributed by atoms with E-state index in [4.69, 9.17) is 9.47 Å². The Balaban J connectivity index is 2.27. The maximum atomic E-state index is 12.2. The second-order valence-corrected chi connectivity index (χ2v) is 4.87. The third-order valence-electron chi connectivity index (χ3n) is 3.45. The smallest absolute Gasteiger partial charge is 0.401 e. The number of nitrogens with one attached hydrogen (secondary N) is 2. The normalized spacial score (nSPS) is 14.7. The number of alkyl halides is 3. The number of benzene rings is 1. The van der Waals surface area contributed by atoms with E-state index >= 15 is 0 Å². The van der Waals surface area contributed by atoms with Crippen LogP contribution in [0.3, 0.4) is 0 Å². The molecule has 1 aliphatic rings. The minimum atomic E-state index is -4.23. The van der Waals surface area contributed by atoms with Gasteiger partial charge in [-0.1, -0.05) is 0 Å². The van der Waals surface area contributed by atoms with Crippen molar-refractivity contribution in [3.8, 4) is 11.5 Å². The Labute approximate surface area is 121 Å². The fourth-order valence-electron chi connectivity index (χ4n) is 2.58. The van der Waals surface area contributed by atoms with Crippen LogP contribution in [-0.2, 0) is 19.5 Å². The molecule has 0 saturated carbocycles. The average molecular weight is 304 g/mol. The van der Waals surface area contributed by atoms with Crippen LogP contribution in [0.2, 0.25) is 0 Å². The Morgan fingerprint density at radius 2 is 2.00 bits per heavy atom. The lowest BCUT2D eigenvalue weighted by Gasteiger charge is -2.24. The van der Waals surface area contributed by atoms with Crippen molar-refractivity contribution in [1.82, 2.24) is 10.6 Å². The SMILES string of the molecule is COc1cc(CNCC(F)(F)F)c(OC)c2c1CNCC2. The number of rotatable bonds is 5. The van der Waals surface area contributed by atoms with E-state index < -0.39 is 12.7 Å². The highest BCUT2D eigenvalue weighted by Crippen LogP contribution is 2.36. The lowest BCUT2D eigenvalue weighted by atomic mass is 9.95. The Morgan fingerprint density at radius 3 is 2.62 bits per heavy atom. The minimum Gasteiger partial charge on any atom is -0.496 e. The summed E-state index contributed by atoms with van der Waals surface area (Å²) in [7, 11) is 3.10. The zero-order valence-corrected chi connectivity index (χ0v) is 12.1. The van der Waals surface area contributed by atoms with Gasteiger partial charge < -0.3 is 20.1 Å². The molecule has 7 heteroatoms. The first-order valence-corrected chi connectivity index (χ1v) is 6.70. The van der Waals surface area contributed by atoms with Crippen molar-refractivity contribution in [1.29, 1.82) is 0 Å². The van der Waals surface area contributed by atoms with Crippen molar-refractivity contribution in [3.05, 3.63) is 22.8 Å². The van der Waals surface area contributed by atoms with Crippen LogP contribution in [-0.4, -0.2) is 33.5 Å². The van der Waals surface area contributed by atoms with Crippen LogP contribution in [0.5, 0.6) is 11.5 Å². The van der Waals surface area contributed by atoms with E-state index in [-0.39, 0.29) is 6.54 Å². The van der Waals surface area contributed by atoms with E-state index in [1.54, 1.807) is 13.2 Å². The molecule has 0 atom stereocenters. The summed E-state index contributed by atoms with van der Waals surface area (Å²) in [6, 6.07) is 1.74. The van der Waals surface area contributed by atoms with Gasteiger partial charge in [0.05, 0.1) is 20.8 Å². The molecule has 1 heterocycles. The summed E-state index contributed by atoms with van der Waals surface area (Å²) in [6.07, 6.45) is -3.46. The number of methoxy groups -OCH3 is 2. The molecule has 0 saturated heterocycles. The summed E-state index contributed by atoms with van der Waals surface area (Å²) < 4.78 is 47.5. The predicted molar refractivity (Wildman–Crippen MR) is 72.7 cm³/mol. The Morgan fingerprint density at radius 1 is 1.24 bits per heavy atom. The van der Waals surface area contributed by atoms with E-state index in [0.717, 1.165) is 24.1 Å². The van der Waals surface area contributed by atoms with Crippen LogP contribution in [0.4, 0.5) is 13.2 Å². The Bertz CT molecular complexity index is 504. The quantitative estimate of drug-likeness (QED) is 0.873. The van der Waals surface area contributed by atoms with E-state index in [0.29, 0.717) is 23.6 Å². The summed E-state index contributed by atoms with van der Waals surface area (Å²) in [5, 5.41) is 5.65. The minimum absolute atomic E-state index is 0.0831. The fraction of sp³-hybridized carbons (Fsp3) is 0.571. The van der Waals surface area contributed by atoms with Crippen LogP contribution < -0.4 is 20.1 Å². The second kappa shape index (κ2) is 6.53. The molecule has 0 amide bonds. The molecule has 0 bridgehead atoms. The highest BCUT2D eigenvalue weighted by molar-refractivity contribution is 5.54. The van der Waals surface area contributed by atoms with Crippen molar-refractivity contribution in [3.63, 3.8) is 0 Å². The number of hydrogen-bond donors (Lipinski definition) is 2. The predicted octanol–water partition coefficient (Wildman–Crippen LogP) is 2.00. The second-order valence-electron chi connectivity index (χ2n) is 4.87. The highest BCUT2D eigenvalue weighted by Gasteiger charge is 2.27. The molecule has 0 fully saturated rings. The van der Waals surface area contributed by atoms with Crippen LogP contribution in [0.15, 0.2) is 6.07 Å². The first-order chi connectivity index (χ1) is 9.96. The van der Waals surface area contributed by atoms with Gasteiger partial charge in [0, 0.05) is 29.8 Å². The van der Waals surface area contributed by atoms with Gasteiger partial charge in [0.15, 0.2) is 0 Å². The van der Waals surface area contributed by atoms with Crippen LogP contribution in [0.1, 0.15) is 16.7 Å². The highest BCUT2D eigenvalue weighted by atomic mass is 19.4. The summed E-state index contributed by atoms with van der Waals surface area (Å²) in [6.45, 7) is 0.536. The third kappa shape index (κ3) is 3.79. The standard InChI is InChI=1S/C14H19F3N2O2/c1-20-12-5-9(6-19-8-14(15,16)17)13(21-2)10-3-4-18-7-11(10)12/h5,18-19H,3-4,6-8H2,1-2H3. The number of fused-ring (bicyclic) bond motifs is 1. The van der Waals surface area contributed by atoms with Gasteiger partial charge in [0.1, 0.15) is 11.5 Å². The van der Waals surface area contributed by atoms with Crippen molar-refractivity contribution >= 4 is 0 Å². The van der Waals surface area contributed by atoms with Gasteiger partial charge >= 0.3 is 6.18 Å². The van der Waals surface area contributed by atoms with Gasteiger partial charge in [-0.05, 0) is 19.0 Å². The molecule has 0 unspecified atom stereocenters. The number of hydrogen-bond acceptors (Lipinski definition) is 4. The molecule has 0 radical (unpaired) electrons. The summed E-state index contributed by atoms with van der Waals surface area (Å²) in [5.74, 6) is 1.34. The van der Waals surface area contributed by atoms with Gasteiger partial charge in [-0.3, -0.25) is 0 Å². The number of halogens is 3. The molecule has 1 aromatic rings. The largest absolute Gasteiger partial charge is 0.496 e. The Kier molecular flexibility index (Phi) is 4.95. The molecule has 2 N–H and O–H groups in total. The summed E-state index contributed by atoms with van der Waals surface area (Å²) >= 11 is 0. The van der Waals surface area contributed by atoms with Gasteiger partial charge in [-0.15, -0.1) is 0 Å². The van der Waals surface area contributed by atoms with Crippen molar-refractivity contribution < 1.29 is 22.6 Å². The molecular formula is C14H19F3N2O2. The zero-order valence-electron chi connectivity index (χ0n) is 12.1. The van der Waals surface area contributed by atoms with E-state index in [1.165, 1.54) is 7.11 Å². The topological polar surface area (TPSA) is 42.5 Å². The Hall–Kier alpha value is -1.47. The summed E-state index contributed by atoms with van der Waals surface area (Å²) in [4.78, 5) is 0. The van der Waals surface area contributed by atoms with Gasteiger partial charge in [0.2, 0.25) is 0 Å². The third-order valence-corrected chi connectivity index (χ3v) is 3.45. The first-order valence-electron chi connectivity index (χ1n) is 6.70.